The number of carbonyl (C=O) groups excluding carboxylic acids is 1. The Kier molecular flexibility index (Phi) is 1.80. The molecule has 0 saturated heterocycles. The molecular weight excluding hydrogens is 152 g/mol. The summed E-state index contributed by atoms with van der Waals surface area (Å²) in [6, 6.07) is 0. The molecule has 0 atom stereocenters. The Hall–Kier alpha value is -1.52. The molecule has 0 unspecified atom stereocenters. The average molecular weight is 158 g/mol. The van der Waals surface area contributed by atoms with Gasteiger partial charge in [0.15, 0.2) is 0 Å². The number of aliphatic hydroxyl groups excluding tert-OH is 1. The number of hydrogen-bond donors (Lipinski definition) is 2. The van der Waals surface area contributed by atoms with Gasteiger partial charge in [0.05, 0.1) is 12.0 Å². The zero-order chi connectivity index (χ0) is 8.43. The van der Waals surface area contributed by atoms with Gasteiger partial charge in [-0.05, 0) is 0 Å². The third kappa shape index (κ3) is 1.49. The molecule has 1 aliphatic rings. The quantitative estimate of drug-likeness (QED) is 0.545. The summed E-state index contributed by atoms with van der Waals surface area (Å²) in [6.45, 7) is -0.207. The number of ether oxygens (including phenoxy) is 1. The lowest BCUT2D eigenvalue weighted by Gasteiger charge is -1.91. The summed E-state index contributed by atoms with van der Waals surface area (Å²) in [5, 5.41) is 17.1. The van der Waals surface area contributed by atoms with E-state index in [-0.39, 0.29) is 17.9 Å². The summed E-state index contributed by atoms with van der Waals surface area (Å²) < 4.78 is 4.35. The zero-order valence-electron chi connectivity index (χ0n) is 5.53. The molecule has 1 heterocycles. The molecule has 0 aliphatic carbocycles. The number of carboxylic acid groups (broad SMARTS) is 1. The Bertz CT molecular complexity index is 239. The summed E-state index contributed by atoms with van der Waals surface area (Å²) in [6.07, 6.45) is -0.481. The summed E-state index contributed by atoms with van der Waals surface area (Å²) >= 11 is 0. The van der Waals surface area contributed by atoms with Crippen molar-refractivity contribution in [3.05, 3.63) is 11.3 Å². The van der Waals surface area contributed by atoms with Crippen molar-refractivity contribution in [2.24, 2.45) is 0 Å². The number of cyclic esters (lactones) is 1. The molecule has 0 saturated carbocycles. The van der Waals surface area contributed by atoms with E-state index in [1.807, 2.05) is 0 Å². The average Bonchev–Trinajstić information content (AvgIpc) is 2.18. The van der Waals surface area contributed by atoms with E-state index < -0.39 is 18.4 Å². The van der Waals surface area contributed by atoms with Gasteiger partial charge in [-0.1, -0.05) is 0 Å². The minimum atomic E-state index is -1.16. The normalized spacial score (nSPS) is 16.9. The second-order valence-corrected chi connectivity index (χ2v) is 2.07. The fourth-order valence-electron chi connectivity index (χ4n) is 0.751. The first-order chi connectivity index (χ1) is 5.11. The van der Waals surface area contributed by atoms with Crippen molar-refractivity contribution >= 4 is 11.9 Å². The SMILES string of the molecule is O=C(O)CC1=C(O)COC1=O. The van der Waals surface area contributed by atoms with Gasteiger partial charge in [-0.25, -0.2) is 4.79 Å². The topological polar surface area (TPSA) is 83.8 Å². The first-order valence-electron chi connectivity index (χ1n) is 2.91. The van der Waals surface area contributed by atoms with Crippen LogP contribution in [0.3, 0.4) is 0 Å². The van der Waals surface area contributed by atoms with Crippen LogP contribution >= 0.6 is 0 Å². The minimum absolute atomic E-state index is 0.155. The number of aliphatic carboxylic acids is 1. The summed E-state index contributed by atoms with van der Waals surface area (Å²) in [7, 11) is 0. The van der Waals surface area contributed by atoms with Gasteiger partial charge in [-0.3, -0.25) is 4.79 Å². The second-order valence-electron chi connectivity index (χ2n) is 2.07. The fraction of sp³-hybridized carbons (Fsp3) is 0.333. The van der Waals surface area contributed by atoms with Gasteiger partial charge in [-0.15, -0.1) is 0 Å². The Balaban J connectivity index is 2.75. The maximum atomic E-state index is 10.6. The molecule has 0 fully saturated rings. The van der Waals surface area contributed by atoms with Crippen molar-refractivity contribution < 1.29 is 24.5 Å². The van der Waals surface area contributed by atoms with E-state index in [4.69, 9.17) is 10.2 Å². The molecule has 5 heteroatoms. The predicted octanol–water partition coefficient (Wildman–Crippen LogP) is -0.170. The van der Waals surface area contributed by atoms with E-state index in [1.54, 1.807) is 0 Å². The molecule has 60 valence electrons. The van der Waals surface area contributed by atoms with Crippen LogP contribution in [0.2, 0.25) is 0 Å². The number of hydrogen-bond acceptors (Lipinski definition) is 4. The third-order valence-electron chi connectivity index (χ3n) is 1.26. The maximum absolute atomic E-state index is 10.6. The van der Waals surface area contributed by atoms with Crippen molar-refractivity contribution in [3.8, 4) is 0 Å². The van der Waals surface area contributed by atoms with Gasteiger partial charge in [0.2, 0.25) is 0 Å². The monoisotopic (exact) mass is 158 g/mol. The number of esters is 1. The van der Waals surface area contributed by atoms with Crippen molar-refractivity contribution in [3.63, 3.8) is 0 Å². The van der Waals surface area contributed by atoms with Gasteiger partial charge < -0.3 is 14.9 Å². The van der Waals surface area contributed by atoms with Crippen LogP contribution in [0, 0.1) is 0 Å². The molecule has 11 heavy (non-hydrogen) atoms. The lowest BCUT2D eigenvalue weighted by Crippen LogP contribution is -2.05. The smallest absolute Gasteiger partial charge is 0.338 e. The Morgan fingerprint density at radius 2 is 2.27 bits per heavy atom. The fourth-order valence-corrected chi connectivity index (χ4v) is 0.751. The number of aliphatic hydroxyl groups is 1. The molecule has 0 radical (unpaired) electrons. The maximum Gasteiger partial charge on any atom is 0.338 e. The highest BCUT2D eigenvalue weighted by molar-refractivity contribution is 5.95. The summed E-state index contributed by atoms with van der Waals surface area (Å²) in [4.78, 5) is 20.7. The van der Waals surface area contributed by atoms with E-state index in [0.29, 0.717) is 0 Å². The van der Waals surface area contributed by atoms with Crippen LogP contribution in [-0.2, 0) is 14.3 Å². The van der Waals surface area contributed by atoms with Crippen LogP contribution in [0.5, 0.6) is 0 Å². The van der Waals surface area contributed by atoms with Crippen LogP contribution < -0.4 is 0 Å². The Morgan fingerprint density at radius 3 is 2.64 bits per heavy atom. The van der Waals surface area contributed by atoms with Gasteiger partial charge in [0.25, 0.3) is 0 Å². The van der Waals surface area contributed by atoms with E-state index in [1.165, 1.54) is 0 Å². The molecule has 0 amide bonds. The van der Waals surface area contributed by atoms with Gasteiger partial charge >= 0.3 is 11.9 Å². The van der Waals surface area contributed by atoms with E-state index in [2.05, 4.69) is 4.74 Å². The highest BCUT2D eigenvalue weighted by Gasteiger charge is 2.26. The first kappa shape index (κ1) is 7.59. The van der Waals surface area contributed by atoms with Crippen molar-refractivity contribution in [1.29, 1.82) is 0 Å². The molecule has 0 spiro atoms. The lowest BCUT2D eigenvalue weighted by atomic mass is 10.2. The highest BCUT2D eigenvalue weighted by atomic mass is 16.5. The number of carbonyl (C=O) groups is 2. The van der Waals surface area contributed by atoms with Crippen LogP contribution in [0.4, 0.5) is 0 Å². The molecular formula is C6H6O5. The zero-order valence-corrected chi connectivity index (χ0v) is 5.53. The van der Waals surface area contributed by atoms with Crippen LogP contribution in [-0.4, -0.2) is 28.8 Å². The minimum Gasteiger partial charge on any atom is -0.508 e. The molecule has 1 aliphatic heterocycles. The second kappa shape index (κ2) is 2.61. The van der Waals surface area contributed by atoms with Gasteiger partial charge in [-0.2, -0.15) is 0 Å². The molecule has 5 nitrogen and oxygen atoms in total. The van der Waals surface area contributed by atoms with Crippen molar-refractivity contribution in [1.82, 2.24) is 0 Å². The van der Waals surface area contributed by atoms with Gasteiger partial charge in [0, 0.05) is 0 Å². The highest BCUT2D eigenvalue weighted by Crippen LogP contribution is 2.16. The molecule has 0 aromatic heterocycles. The van der Waals surface area contributed by atoms with Crippen molar-refractivity contribution in [2.45, 2.75) is 6.42 Å². The van der Waals surface area contributed by atoms with E-state index >= 15 is 0 Å². The Labute approximate surface area is 61.9 Å². The number of carboxylic acids is 1. The third-order valence-corrected chi connectivity index (χ3v) is 1.26. The first-order valence-corrected chi connectivity index (χ1v) is 2.91. The molecule has 1 rings (SSSR count). The molecule has 0 aromatic rings. The van der Waals surface area contributed by atoms with Crippen molar-refractivity contribution in [2.75, 3.05) is 6.61 Å². The van der Waals surface area contributed by atoms with Crippen LogP contribution in [0.25, 0.3) is 0 Å². The molecule has 0 aromatic carbocycles. The molecule has 0 bridgehead atoms. The molecule has 2 N–H and O–H groups in total. The van der Waals surface area contributed by atoms with E-state index in [0.717, 1.165) is 0 Å². The van der Waals surface area contributed by atoms with Crippen LogP contribution in [0.1, 0.15) is 6.42 Å². The predicted molar refractivity (Wildman–Crippen MR) is 32.9 cm³/mol. The largest absolute Gasteiger partial charge is 0.508 e. The lowest BCUT2D eigenvalue weighted by molar-refractivity contribution is -0.140. The summed E-state index contributed by atoms with van der Waals surface area (Å²) in [5.41, 5.74) is -0.155. The van der Waals surface area contributed by atoms with Crippen LogP contribution in [0.15, 0.2) is 11.3 Å². The Morgan fingerprint density at radius 1 is 1.64 bits per heavy atom. The number of rotatable bonds is 2. The standard InChI is InChI=1S/C6H6O5/c7-4-2-11-6(10)3(4)1-5(8)9/h7H,1-2H2,(H,8,9). The summed E-state index contributed by atoms with van der Waals surface area (Å²) in [5.74, 6) is -2.19. The van der Waals surface area contributed by atoms with Gasteiger partial charge in [0.1, 0.15) is 12.4 Å². The van der Waals surface area contributed by atoms with E-state index in [9.17, 15) is 9.59 Å².